The van der Waals surface area contributed by atoms with Gasteiger partial charge >= 0.3 is 0 Å². The second-order valence-corrected chi connectivity index (χ2v) is 4.78. The molecule has 1 atom stereocenters. The van der Waals surface area contributed by atoms with E-state index in [0.29, 0.717) is 23.9 Å². The van der Waals surface area contributed by atoms with Crippen LogP contribution >= 0.6 is 0 Å². The Morgan fingerprint density at radius 2 is 2.12 bits per heavy atom. The zero-order chi connectivity index (χ0) is 12.8. The van der Waals surface area contributed by atoms with Gasteiger partial charge in [-0.3, -0.25) is 0 Å². The van der Waals surface area contributed by atoms with E-state index in [1.807, 2.05) is 31.3 Å². The van der Waals surface area contributed by atoms with Gasteiger partial charge in [-0.1, -0.05) is 19.9 Å². The molecule has 0 fully saturated rings. The molecule has 0 radical (unpaired) electrons. The van der Waals surface area contributed by atoms with Crippen molar-refractivity contribution in [1.82, 2.24) is 0 Å². The summed E-state index contributed by atoms with van der Waals surface area (Å²) in [5.41, 5.74) is 7.55. The predicted molar refractivity (Wildman–Crippen MR) is 71.8 cm³/mol. The average Bonchev–Trinajstić information content (AvgIpc) is 2.35. The number of benzene rings is 1. The predicted octanol–water partition coefficient (Wildman–Crippen LogP) is 2.23. The maximum absolute atomic E-state index is 8.87. The summed E-state index contributed by atoms with van der Waals surface area (Å²) in [6, 6.07) is 9.83. The van der Waals surface area contributed by atoms with Gasteiger partial charge in [0.15, 0.2) is 0 Å². The maximum atomic E-state index is 8.87. The van der Waals surface area contributed by atoms with Crippen LogP contribution in [-0.4, -0.2) is 20.1 Å². The highest BCUT2D eigenvalue weighted by molar-refractivity contribution is 5.50. The molecule has 3 nitrogen and oxygen atoms in total. The van der Waals surface area contributed by atoms with Crippen molar-refractivity contribution >= 4 is 5.69 Å². The molecule has 0 aliphatic heterocycles. The third kappa shape index (κ3) is 3.76. The van der Waals surface area contributed by atoms with E-state index in [-0.39, 0.29) is 0 Å². The van der Waals surface area contributed by atoms with Crippen molar-refractivity contribution in [3.63, 3.8) is 0 Å². The molecule has 1 aromatic rings. The molecule has 0 saturated carbocycles. The number of anilines is 1. The summed E-state index contributed by atoms with van der Waals surface area (Å²) in [4.78, 5) is 2.17. The van der Waals surface area contributed by atoms with E-state index in [4.69, 9.17) is 11.0 Å². The third-order valence-corrected chi connectivity index (χ3v) is 3.17. The van der Waals surface area contributed by atoms with E-state index >= 15 is 0 Å². The molecule has 1 rings (SSSR count). The lowest BCUT2D eigenvalue weighted by molar-refractivity contribution is 0.398. The smallest absolute Gasteiger partial charge is 0.0992 e. The highest BCUT2D eigenvalue weighted by atomic mass is 15.1. The summed E-state index contributed by atoms with van der Waals surface area (Å²) in [7, 11) is 2.04. The van der Waals surface area contributed by atoms with Crippen molar-refractivity contribution in [1.29, 1.82) is 5.26 Å². The van der Waals surface area contributed by atoms with Gasteiger partial charge in [0.1, 0.15) is 0 Å². The molecular weight excluding hydrogens is 210 g/mol. The maximum Gasteiger partial charge on any atom is 0.0992 e. The Balaban J connectivity index is 2.75. The van der Waals surface area contributed by atoms with Gasteiger partial charge < -0.3 is 10.6 Å². The fourth-order valence-electron chi connectivity index (χ4n) is 1.83. The van der Waals surface area contributed by atoms with E-state index in [9.17, 15) is 0 Å². The van der Waals surface area contributed by atoms with Crippen LogP contribution in [0, 0.1) is 23.2 Å². The van der Waals surface area contributed by atoms with E-state index < -0.39 is 0 Å². The summed E-state index contributed by atoms with van der Waals surface area (Å²) < 4.78 is 0. The molecule has 92 valence electrons. The standard InChI is InChI=1S/C14H21N3/c1-11(2)13(9-16)10-17(3)14-6-4-5-12(7-14)8-15/h4-7,11,13H,9-10,16H2,1-3H3. The van der Waals surface area contributed by atoms with Crippen LogP contribution in [0.25, 0.3) is 0 Å². The van der Waals surface area contributed by atoms with E-state index in [0.717, 1.165) is 12.2 Å². The zero-order valence-corrected chi connectivity index (χ0v) is 10.9. The highest BCUT2D eigenvalue weighted by Crippen LogP contribution is 2.18. The molecule has 0 saturated heterocycles. The minimum absolute atomic E-state index is 0.478. The Bertz CT molecular complexity index is 393. The van der Waals surface area contributed by atoms with Crippen molar-refractivity contribution < 1.29 is 0 Å². The van der Waals surface area contributed by atoms with Gasteiger partial charge in [-0.25, -0.2) is 0 Å². The molecule has 17 heavy (non-hydrogen) atoms. The number of nitriles is 1. The second kappa shape index (κ2) is 6.27. The van der Waals surface area contributed by atoms with Crippen LogP contribution in [-0.2, 0) is 0 Å². The molecule has 0 heterocycles. The third-order valence-electron chi connectivity index (χ3n) is 3.17. The molecular formula is C14H21N3. The second-order valence-electron chi connectivity index (χ2n) is 4.78. The van der Waals surface area contributed by atoms with Crippen LogP contribution in [0.5, 0.6) is 0 Å². The summed E-state index contributed by atoms with van der Waals surface area (Å²) in [5.74, 6) is 1.05. The Labute approximate surface area is 104 Å². The van der Waals surface area contributed by atoms with E-state index in [1.165, 1.54) is 0 Å². The minimum atomic E-state index is 0.478. The minimum Gasteiger partial charge on any atom is -0.374 e. The van der Waals surface area contributed by atoms with Crippen LogP contribution in [0.2, 0.25) is 0 Å². The number of hydrogen-bond acceptors (Lipinski definition) is 3. The van der Waals surface area contributed by atoms with Crippen molar-refractivity contribution in [3.05, 3.63) is 29.8 Å². The number of nitrogens with two attached hydrogens (primary N) is 1. The van der Waals surface area contributed by atoms with Gasteiger partial charge in [-0.2, -0.15) is 5.26 Å². The van der Waals surface area contributed by atoms with Gasteiger partial charge in [0, 0.05) is 19.3 Å². The van der Waals surface area contributed by atoms with Gasteiger partial charge in [0.2, 0.25) is 0 Å². The molecule has 0 aliphatic carbocycles. The first-order chi connectivity index (χ1) is 8.08. The lowest BCUT2D eigenvalue weighted by Crippen LogP contribution is -2.33. The van der Waals surface area contributed by atoms with Crippen molar-refractivity contribution in [2.45, 2.75) is 13.8 Å². The molecule has 0 spiro atoms. The Morgan fingerprint density at radius 1 is 1.41 bits per heavy atom. The van der Waals surface area contributed by atoms with Crippen LogP contribution in [0.4, 0.5) is 5.69 Å². The Morgan fingerprint density at radius 3 is 2.65 bits per heavy atom. The molecule has 0 bridgehead atoms. The number of rotatable bonds is 5. The first-order valence-electron chi connectivity index (χ1n) is 5.99. The fourth-order valence-corrected chi connectivity index (χ4v) is 1.83. The molecule has 1 aromatic carbocycles. The van der Waals surface area contributed by atoms with E-state index in [2.05, 4.69) is 24.8 Å². The van der Waals surface area contributed by atoms with Crippen LogP contribution in [0.1, 0.15) is 19.4 Å². The first-order valence-corrected chi connectivity index (χ1v) is 5.99. The average molecular weight is 231 g/mol. The number of nitrogens with zero attached hydrogens (tertiary/aromatic N) is 2. The fraction of sp³-hybridized carbons (Fsp3) is 0.500. The van der Waals surface area contributed by atoms with Gasteiger partial charge in [-0.05, 0) is 36.6 Å². The van der Waals surface area contributed by atoms with Crippen molar-refractivity contribution in [2.24, 2.45) is 17.6 Å². The van der Waals surface area contributed by atoms with E-state index in [1.54, 1.807) is 0 Å². The SMILES string of the molecule is CC(C)C(CN)CN(C)c1cccc(C#N)c1. The van der Waals surface area contributed by atoms with Crippen LogP contribution in [0.15, 0.2) is 24.3 Å². The Hall–Kier alpha value is -1.53. The molecule has 0 amide bonds. The monoisotopic (exact) mass is 231 g/mol. The summed E-state index contributed by atoms with van der Waals surface area (Å²) in [6.45, 7) is 6.00. The summed E-state index contributed by atoms with van der Waals surface area (Å²) in [6.07, 6.45) is 0. The van der Waals surface area contributed by atoms with Crippen molar-refractivity contribution in [2.75, 3.05) is 25.0 Å². The van der Waals surface area contributed by atoms with Crippen molar-refractivity contribution in [3.8, 4) is 6.07 Å². The normalized spacial score (nSPS) is 12.2. The van der Waals surface area contributed by atoms with Crippen LogP contribution in [0.3, 0.4) is 0 Å². The topological polar surface area (TPSA) is 53.0 Å². The first kappa shape index (κ1) is 13.5. The number of hydrogen-bond donors (Lipinski definition) is 1. The highest BCUT2D eigenvalue weighted by Gasteiger charge is 2.14. The quantitative estimate of drug-likeness (QED) is 0.845. The van der Waals surface area contributed by atoms with Crippen LogP contribution < -0.4 is 10.6 Å². The largest absolute Gasteiger partial charge is 0.374 e. The summed E-state index contributed by atoms with van der Waals surface area (Å²) in [5, 5.41) is 8.87. The molecule has 0 aromatic heterocycles. The molecule has 0 aliphatic rings. The molecule has 1 unspecified atom stereocenters. The van der Waals surface area contributed by atoms with Gasteiger partial charge in [0.25, 0.3) is 0 Å². The van der Waals surface area contributed by atoms with Gasteiger partial charge in [-0.15, -0.1) is 0 Å². The molecule has 2 N–H and O–H groups in total. The lowest BCUT2D eigenvalue weighted by atomic mass is 9.95. The summed E-state index contributed by atoms with van der Waals surface area (Å²) >= 11 is 0. The zero-order valence-electron chi connectivity index (χ0n) is 10.9. The lowest BCUT2D eigenvalue weighted by Gasteiger charge is -2.27. The Kier molecular flexibility index (Phi) is 4.99. The van der Waals surface area contributed by atoms with Gasteiger partial charge in [0.05, 0.1) is 11.6 Å². The molecule has 3 heteroatoms.